The predicted molar refractivity (Wildman–Crippen MR) is 78.7 cm³/mol. The van der Waals surface area contributed by atoms with Gasteiger partial charge in [0, 0.05) is 26.4 Å². The predicted octanol–water partition coefficient (Wildman–Crippen LogP) is 0.922. The molecular weight excluding hydrogens is 268 g/mol. The number of aliphatic hydroxyl groups excluding tert-OH is 1. The fourth-order valence-corrected chi connectivity index (χ4v) is 2.49. The van der Waals surface area contributed by atoms with Crippen LogP contribution in [0.3, 0.4) is 0 Å². The van der Waals surface area contributed by atoms with Crippen LogP contribution < -0.4 is 0 Å². The van der Waals surface area contributed by atoms with Crippen molar-refractivity contribution in [3.8, 4) is 11.8 Å². The first-order chi connectivity index (χ1) is 10.2. The second-order valence-electron chi connectivity index (χ2n) is 5.15. The molecule has 21 heavy (non-hydrogen) atoms. The molecule has 2 heterocycles. The van der Waals surface area contributed by atoms with E-state index in [-0.39, 0.29) is 18.6 Å². The Kier molecular flexibility index (Phi) is 5.32. The van der Waals surface area contributed by atoms with Gasteiger partial charge < -0.3 is 14.7 Å². The van der Waals surface area contributed by atoms with Gasteiger partial charge in [-0.25, -0.2) is 4.98 Å². The summed E-state index contributed by atoms with van der Waals surface area (Å²) in [5, 5.41) is 8.80. The van der Waals surface area contributed by atoms with Crippen LogP contribution in [0.25, 0.3) is 0 Å². The van der Waals surface area contributed by atoms with Crippen LogP contribution in [0.2, 0.25) is 0 Å². The average molecular weight is 288 g/mol. The molecule has 0 bridgehead atoms. The van der Waals surface area contributed by atoms with E-state index < -0.39 is 0 Å². The molecule has 1 aromatic rings. The van der Waals surface area contributed by atoms with Crippen molar-refractivity contribution in [3.63, 3.8) is 0 Å². The van der Waals surface area contributed by atoms with Crippen LogP contribution in [0.5, 0.6) is 0 Å². The van der Waals surface area contributed by atoms with Gasteiger partial charge in [0.2, 0.25) is 0 Å². The number of carbonyl (C=O) groups excluding carboxylic acids is 1. The van der Waals surface area contributed by atoms with Crippen LogP contribution in [0, 0.1) is 17.8 Å². The molecule has 0 radical (unpaired) electrons. The number of hydrogen-bond acceptors (Lipinski definition) is 4. The zero-order valence-electron chi connectivity index (χ0n) is 12.4. The number of carbonyl (C=O) groups is 1. The summed E-state index contributed by atoms with van der Waals surface area (Å²) in [5.74, 6) is 5.64. The van der Waals surface area contributed by atoms with Gasteiger partial charge in [0.15, 0.2) is 0 Å². The van der Waals surface area contributed by atoms with Crippen molar-refractivity contribution in [2.45, 2.75) is 19.4 Å². The van der Waals surface area contributed by atoms with E-state index in [1.165, 1.54) is 0 Å². The lowest BCUT2D eigenvalue weighted by Crippen LogP contribution is -2.47. The van der Waals surface area contributed by atoms with Crippen molar-refractivity contribution in [2.75, 3.05) is 26.8 Å². The highest BCUT2D eigenvalue weighted by atomic mass is 16.5. The molecule has 0 aromatic carbocycles. The smallest absolute Gasteiger partial charge is 0.273 e. The summed E-state index contributed by atoms with van der Waals surface area (Å²) in [6.07, 6.45) is 2.55. The Hall–Kier alpha value is -1.90. The third-order valence-electron chi connectivity index (χ3n) is 3.79. The lowest BCUT2D eigenvalue weighted by Gasteiger charge is -2.36. The van der Waals surface area contributed by atoms with Crippen LogP contribution in [-0.2, 0) is 4.74 Å². The molecule has 0 spiro atoms. The van der Waals surface area contributed by atoms with Crippen LogP contribution in [0.1, 0.15) is 29.4 Å². The Morgan fingerprint density at radius 3 is 3.14 bits per heavy atom. The van der Waals surface area contributed by atoms with Crippen LogP contribution in [0.4, 0.5) is 0 Å². The van der Waals surface area contributed by atoms with Gasteiger partial charge in [0.25, 0.3) is 5.91 Å². The number of hydrogen-bond donors (Lipinski definition) is 1. The summed E-state index contributed by atoms with van der Waals surface area (Å²) in [6.45, 7) is 3.16. The molecule has 1 N–H and O–H groups in total. The van der Waals surface area contributed by atoms with Crippen molar-refractivity contribution < 1.29 is 14.6 Å². The molecule has 2 unspecified atom stereocenters. The number of ether oxygens (including phenoxy) is 1. The third kappa shape index (κ3) is 3.60. The summed E-state index contributed by atoms with van der Waals surface area (Å²) in [6, 6.07) is 3.47. The van der Waals surface area contributed by atoms with Crippen molar-refractivity contribution in [3.05, 3.63) is 29.6 Å². The zero-order valence-corrected chi connectivity index (χ0v) is 12.4. The maximum atomic E-state index is 12.6. The fraction of sp³-hybridized carbons (Fsp3) is 0.500. The van der Waals surface area contributed by atoms with Crippen LogP contribution in [0.15, 0.2) is 18.3 Å². The summed E-state index contributed by atoms with van der Waals surface area (Å²) < 4.78 is 5.44. The standard InChI is InChI=1S/C16H20N2O3/c1-12-7-9-18(11-14(12)21-2)16(20)15-13(6-4-10-19)5-3-8-17-15/h3,5,8,12,14,19H,7,9-11H2,1-2H3. The minimum atomic E-state index is -0.241. The van der Waals surface area contributed by atoms with E-state index in [1.807, 2.05) is 0 Å². The minimum Gasteiger partial charge on any atom is -0.384 e. The highest BCUT2D eigenvalue weighted by Gasteiger charge is 2.30. The lowest BCUT2D eigenvalue weighted by atomic mass is 9.95. The normalized spacial score (nSPS) is 21.6. The topological polar surface area (TPSA) is 62.7 Å². The van der Waals surface area contributed by atoms with Gasteiger partial charge in [-0.3, -0.25) is 4.79 Å². The number of rotatable bonds is 2. The first-order valence-corrected chi connectivity index (χ1v) is 7.04. The molecule has 1 aliphatic heterocycles. The molecular formula is C16H20N2O3. The van der Waals surface area contributed by atoms with E-state index in [1.54, 1.807) is 30.3 Å². The monoisotopic (exact) mass is 288 g/mol. The number of aromatic nitrogens is 1. The highest BCUT2D eigenvalue weighted by Crippen LogP contribution is 2.21. The average Bonchev–Trinajstić information content (AvgIpc) is 2.53. The maximum Gasteiger partial charge on any atom is 0.273 e. The third-order valence-corrected chi connectivity index (χ3v) is 3.79. The molecule has 112 valence electrons. The van der Waals surface area contributed by atoms with Gasteiger partial charge in [-0.2, -0.15) is 0 Å². The minimum absolute atomic E-state index is 0.0541. The first-order valence-electron chi connectivity index (χ1n) is 7.04. The van der Waals surface area contributed by atoms with Gasteiger partial charge in [-0.05, 0) is 24.5 Å². The fourth-order valence-electron chi connectivity index (χ4n) is 2.49. The van der Waals surface area contributed by atoms with Crippen LogP contribution >= 0.6 is 0 Å². The number of pyridine rings is 1. The van der Waals surface area contributed by atoms with Gasteiger partial charge in [0.05, 0.1) is 11.7 Å². The molecule has 1 fully saturated rings. The molecule has 5 heteroatoms. The molecule has 1 saturated heterocycles. The molecule has 2 rings (SSSR count). The van der Waals surface area contributed by atoms with Gasteiger partial charge >= 0.3 is 0 Å². The van der Waals surface area contributed by atoms with E-state index in [4.69, 9.17) is 9.84 Å². The zero-order chi connectivity index (χ0) is 15.2. The molecule has 0 aliphatic carbocycles. The second kappa shape index (κ2) is 7.21. The Balaban J connectivity index is 2.20. The Labute approximate surface area is 124 Å². The number of amides is 1. The SMILES string of the molecule is COC1CN(C(=O)c2ncccc2C#CCO)CCC1C. The largest absolute Gasteiger partial charge is 0.384 e. The molecule has 1 aliphatic rings. The van der Waals surface area contributed by atoms with Crippen molar-refractivity contribution in [1.29, 1.82) is 0 Å². The Morgan fingerprint density at radius 2 is 2.43 bits per heavy atom. The van der Waals surface area contributed by atoms with Crippen LogP contribution in [-0.4, -0.2) is 53.8 Å². The molecule has 5 nitrogen and oxygen atoms in total. The number of aliphatic hydroxyl groups is 1. The number of likely N-dealkylation sites (tertiary alicyclic amines) is 1. The van der Waals surface area contributed by atoms with Gasteiger partial charge in [-0.1, -0.05) is 18.8 Å². The lowest BCUT2D eigenvalue weighted by molar-refractivity contribution is -0.00178. The number of piperidine rings is 1. The van der Waals surface area contributed by atoms with E-state index in [9.17, 15) is 4.79 Å². The van der Waals surface area contributed by atoms with Crippen molar-refractivity contribution in [2.24, 2.45) is 5.92 Å². The van der Waals surface area contributed by atoms with Crippen molar-refractivity contribution >= 4 is 5.91 Å². The van der Waals surface area contributed by atoms with Crippen molar-refractivity contribution in [1.82, 2.24) is 9.88 Å². The summed E-state index contributed by atoms with van der Waals surface area (Å²) in [4.78, 5) is 18.6. The molecule has 2 atom stereocenters. The Bertz CT molecular complexity index is 562. The molecule has 1 amide bonds. The summed E-state index contributed by atoms with van der Waals surface area (Å²) in [7, 11) is 1.67. The molecule has 1 aromatic heterocycles. The summed E-state index contributed by atoms with van der Waals surface area (Å²) in [5.41, 5.74) is 0.881. The van der Waals surface area contributed by atoms with E-state index in [0.29, 0.717) is 30.3 Å². The molecule has 0 saturated carbocycles. The van der Waals surface area contributed by atoms with E-state index >= 15 is 0 Å². The second-order valence-corrected chi connectivity index (χ2v) is 5.15. The van der Waals surface area contributed by atoms with Gasteiger partial charge in [-0.15, -0.1) is 0 Å². The Morgan fingerprint density at radius 1 is 1.62 bits per heavy atom. The van der Waals surface area contributed by atoms with E-state index in [0.717, 1.165) is 6.42 Å². The quantitative estimate of drug-likeness (QED) is 0.822. The van der Waals surface area contributed by atoms with E-state index in [2.05, 4.69) is 23.7 Å². The summed E-state index contributed by atoms with van der Waals surface area (Å²) >= 11 is 0. The first kappa shape index (κ1) is 15.5. The maximum absolute atomic E-state index is 12.6. The van der Waals surface area contributed by atoms with Gasteiger partial charge in [0.1, 0.15) is 12.3 Å². The highest BCUT2D eigenvalue weighted by molar-refractivity contribution is 5.94. The number of nitrogens with zero attached hydrogens (tertiary/aromatic N) is 2. The number of methoxy groups -OCH3 is 1.